The van der Waals surface area contributed by atoms with Crippen LogP contribution in [0.2, 0.25) is 0 Å². The molecule has 2 aromatic carbocycles. The van der Waals surface area contributed by atoms with E-state index in [4.69, 9.17) is 0 Å². The van der Waals surface area contributed by atoms with Crippen LogP contribution < -0.4 is 0 Å². The van der Waals surface area contributed by atoms with Gasteiger partial charge >= 0.3 is 0 Å². The first kappa shape index (κ1) is 15.6. The molecule has 0 atom stereocenters. The molecule has 0 saturated carbocycles. The third kappa shape index (κ3) is 2.51. The maximum atomic E-state index is 4.66. The Morgan fingerprint density at radius 3 is 2.38 bits per heavy atom. The van der Waals surface area contributed by atoms with E-state index >= 15 is 0 Å². The van der Waals surface area contributed by atoms with Gasteiger partial charge < -0.3 is 0 Å². The molecule has 0 radical (unpaired) electrons. The Morgan fingerprint density at radius 2 is 1.67 bits per heavy atom. The van der Waals surface area contributed by atoms with Crippen molar-refractivity contribution in [3.63, 3.8) is 0 Å². The van der Waals surface area contributed by atoms with Crippen molar-refractivity contribution < 1.29 is 0 Å². The molecule has 0 aliphatic rings. The maximum Gasteiger partial charge on any atom is 0.145 e. The summed E-state index contributed by atoms with van der Waals surface area (Å²) in [7, 11) is 0. The van der Waals surface area contributed by atoms with E-state index in [1.54, 1.807) is 0 Å². The third-order valence-electron chi connectivity index (χ3n) is 4.48. The van der Waals surface area contributed by atoms with Gasteiger partial charge in [0.05, 0.1) is 5.52 Å². The number of fused-ring (bicyclic) bond motifs is 3. The van der Waals surface area contributed by atoms with Crippen LogP contribution in [-0.4, -0.2) is 9.55 Å². The number of hydrogen-bond acceptors (Lipinski definition) is 1. The second-order valence-corrected chi connectivity index (χ2v) is 8.41. The molecule has 0 fully saturated rings. The highest BCUT2D eigenvalue weighted by Crippen LogP contribution is 2.32. The molecule has 2 aromatic heterocycles. The fraction of sp³-hybridized carbons (Fsp3) is 0.190. The fourth-order valence-electron chi connectivity index (χ4n) is 3.19. The summed E-state index contributed by atoms with van der Waals surface area (Å²) in [6, 6.07) is 19.6. The fourth-order valence-corrected chi connectivity index (χ4v) is 3.68. The Hall–Kier alpha value is -1.88. The van der Waals surface area contributed by atoms with Crippen molar-refractivity contribution in [1.82, 2.24) is 9.55 Å². The van der Waals surface area contributed by atoms with E-state index < -0.39 is 0 Å². The number of benzene rings is 2. The maximum absolute atomic E-state index is 4.66. The van der Waals surface area contributed by atoms with Gasteiger partial charge in [-0.2, -0.15) is 0 Å². The lowest BCUT2D eigenvalue weighted by Gasteiger charge is -2.19. The molecule has 24 heavy (non-hydrogen) atoms. The predicted molar refractivity (Wildman–Crippen MR) is 110 cm³/mol. The van der Waals surface area contributed by atoms with Crippen LogP contribution in [0.25, 0.3) is 27.6 Å². The number of hydrogen-bond donors (Lipinski definition) is 0. The first-order valence-electron chi connectivity index (χ1n) is 8.11. The summed E-state index contributed by atoms with van der Waals surface area (Å²) >= 11 is 2.37. The number of halogens is 1. The summed E-state index contributed by atoms with van der Waals surface area (Å²) in [4.78, 5) is 4.66. The van der Waals surface area contributed by atoms with E-state index in [-0.39, 0.29) is 5.41 Å². The number of rotatable bonds is 1. The standard InChI is InChI=1S/C21H19IN2/c1-21(2,3)14-6-9-16(10-7-14)24-19-11-8-15(22)13-18(19)17-5-4-12-23-20(17)24/h4-13H,1-3H3. The molecule has 2 heterocycles. The highest BCUT2D eigenvalue weighted by atomic mass is 127. The molecule has 0 aliphatic carbocycles. The van der Waals surface area contributed by atoms with Gasteiger partial charge in [-0.05, 0) is 76.0 Å². The number of nitrogens with zero attached hydrogens (tertiary/aromatic N) is 2. The van der Waals surface area contributed by atoms with E-state index in [0.29, 0.717) is 0 Å². The van der Waals surface area contributed by atoms with Crippen LogP contribution in [0.1, 0.15) is 26.3 Å². The lowest BCUT2D eigenvalue weighted by Crippen LogP contribution is -2.10. The van der Waals surface area contributed by atoms with Crippen LogP contribution in [0.15, 0.2) is 60.8 Å². The van der Waals surface area contributed by atoms with Crippen molar-refractivity contribution in [2.45, 2.75) is 26.2 Å². The Morgan fingerprint density at radius 1 is 0.917 bits per heavy atom. The first-order chi connectivity index (χ1) is 11.4. The Labute approximate surface area is 155 Å². The number of aromatic nitrogens is 2. The quantitative estimate of drug-likeness (QED) is 0.337. The zero-order chi connectivity index (χ0) is 16.9. The molecular formula is C21H19IN2. The molecule has 4 aromatic rings. The molecule has 0 aliphatic heterocycles. The summed E-state index contributed by atoms with van der Waals surface area (Å²) in [5, 5.41) is 2.45. The van der Waals surface area contributed by atoms with E-state index in [1.807, 2.05) is 12.3 Å². The average molecular weight is 426 g/mol. The largest absolute Gasteiger partial charge is 0.294 e. The normalized spacial score (nSPS) is 12.2. The van der Waals surface area contributed by atoms with E-state index in [1.165, 1.54) is 25.4 Å². The summed E-state index contributed by atoms with van der Waals surface area (Å²) in [6.07, 6.45) is 1.87. The van der Waals surface area contributed by atoms with Gasteiger partial charge in [-0.1, -0.05) is 32.9 Å². The highest BCUT2D eigenvalue weighted by molar-refractivity contribution is 14.1. The van der Waals surface area contributed by atoms with Gasteiger partial charge in [0.1, 0.15) is 5.65 Å². The second kappa shape index (κ2) is 5.59. The molecule has 0 amide bonds. The van der Waals surface area contributed by atoms with Gasteiger partial charge in [0.15, 0.2) is 0 Å². The molecule has 4 rings (SSSR count). The molecule has 120 valence electrons. The van der Waals surface area contributed by atoms with Crippen LogP contribution in [0.5, 0.6) is 0 Å². The van der Waals surface area contributed by atoms with Crippen molar-refractivity contribution in [3.8, 4) is 5.69 Å². The van der Waals surface area contributed by atoms with E-state index in [0.717, 1.165) is 11.3 Å². The predicted octanol–water partition coefficient (Wildman–Crippen LogP) is 6.08. The lowest BCUT2D eigenvalue weighted by molar-refractivity contribution is 0.590. The van der Waals surface area contributed by atoms with Crippen LogP contribution in [0.4, 0.5) is 0 Å². The average Bonchev–Trinajstić information content (AvgIpc) is 2.88. The molecule has 0 bridgehead atoms. The molecule has 0 unspecified atom stereocenters. The van der Waals surface area contributed by atoms with E-state index in [9.17, 15) is 0 Å². The topological polar surface area (TPSA) is 17.8 Å². The minimum atomic E-state index is 0.160. The highest BCUT2D eigenvalue weighted by Gasteiger charge is 2.16. The molecule has 0 saturated heterocycles. The van der Waals surface area contributed by atoms with Gasteiger partial charge in [-0.15, -0.1) is 0 Å². The molecular weight excluding hydrogens is 407 g/mol. The molecule has 3 heteroatoms. The SMILES string of the molecule is CC(C)(C)c1ccc(-n2c3ccc(I)cc3c3cccnc32)cc1. The smallest absolute Gasteiger partial charge is 0.145 e. The minimum absolute atomic E-state index is 0.160. The van der Waals surface area contributed by atoms with Crippen LogP contribution in [0, 0.1) is 3.57 Å². The number of pyridine rings is 1. The first-order valence-corrected chi connectivity index (χ1v) is 9.19. The van der Waals surface area contributed by atoms with Crippen molar-refractivity contribution >= 4 is 44.5 Å². The Bertz CT molecular complexity index is 1040. The zero-order valence-corrected chi connectivity index (χ0v) is 16.2. The van der Waals surface area contributed by atoms with Crippen LogP contribution in [-0.2, 0) is 5.41 Å². The summed E-state index contributed by atoms with van der Waals surface area (Å²) < 4.78 is 3.50. The summed E-state index contributed by atoms with van der Waals surface area (Å²) in [5.74, 6) is 0. The summed E-state index contributed by atoms with van der Waals surface area (Å²) in [5.41, 5.74) is 4.87. The van der Waals surface area contributed by atoms with E-state index in [2.05, 4.69) is 101 Å². The monoisotopic (exact) mass is 426 g/mol. The van der Waals surface area contributed by atoms with Gasteiger partial charge in [-0.25, -0.2) is 4.98 Å². The van der Waals surface area contributed by atoms with Gasteiger partial charge in [-0.3, -0.25) is 4.57 Å². The van der Waals surface area contributed by atoms with Crippen LogP contribution >= 0.6 is 22.6 Å². The van der Waals surface area contributed by atoms with Gasteiger partial charge in [0.25, 0.3) is 0 Å². The zero-order valence-electron chi connectivity index (χ0n) is 14.0. The van der Waals surface area contributed by atoms with Crippen molar-refractivity contribution in [3.05, 3.63) is 69.9 Å². The third-order valence-corrected chi connectivity index (χ3v) is 5.15. The van der Waals surface area contributed by atoms with Crippen molar-refractivity contribution in [2.24, 2.45) is 0 Å². The molecule has 0 N–H and O–H groups in total. The van der Waals surface area contributed by atoms with Crippen molar-refractivity contribution in [2.75, 3.05) is 0 Å². The molecule has 0 spiro atoms. The lowest BCUT2D eigenvalue weighted by atomic mass is 9.87. The Balaban J connectivity index is 2.01. The molecule has 2 nitrogen and oxygen atoms in total. The minimum Gasteiger partial charge on any atom is -0.294 e. The van der Waals surface area contributed by atoms with Crippen LogP contribution in [0.3, 0.4) is 0 Å². The van der Waals surface area contributed by atoms with Crippen molar-refractivity contribution in [1.29, 1.82) is 0 Å². The summed E-state index contributed by atoms with van der Waals surface area (Å²) in [6.45, 7) is 6.73. The van der Waals surface area contributed by atoms with Gasteiger partial charge in [0, 0.05) is 26.2 Å². The van der Waals surface area contributed by atoms with Gasteiger partial charge in [0.2, 0.25) is 0 Å². The second-order valence-electron chi connectivity index (χ2n) is 7.17. The Kier molecular flexibility index (Phi) is 3.64.